The van der Waals surface area contributed by atoms with Crippen molar-refractivity contribution in [2.24, 2.45) is 0 Å². The summed E-state index contributed by atoms with van der Waals surface area (Å²) in [7, 11) is 0. The summed E-state index contributed by atoms with van der Waals surface area (Å²) in [4.78, 5) is 38.1. The fourth-order valence-electron chi connectivity index (χ4n) is 8.27. The van der Waals surface area contributed by atoms with Crippen LogP contribution in [0, 0.1) is 0 Å². The van der Waals surface area contributed by atoms with E-state index in [1.165, 1.54) is 180 Å². The zero-order valence-corrected chi connectivity index (χ0v) is 44.4. The van der Waals surface area contributed by atoms with Crippen molar-refractivity contribution < 1.29 is 28.6 Å². The highest BCUT2D eigenvalue weighted by molar-refractivity contribution is 5.71. The van der Waals surface area contributed by atoms with Crippen LogP contribution in [0.5, 0.6) is 0 Å². The first-order valence-corrected chi connectivity index (χ1v) is 28.8. The van der Waals surface area contributed by atoms with Gasteiger partial charge in [0.1, 0.15) is 13.2 Å². The lowest BCUT2D eigenvalue weighted by atomic mass is 10.0. The summed E-state index contributed by atoms with van der Waals surface area (Å²) >= 11 is 0. The number of hydrogen-bond donors (Lipinski definition) is 0. The van der Waals surface area contributed by atoms with Crippen LogP contribution in [0.25, 0.3) is 0 Å². The third-order valence-electron chi connectivity index (χ3n) is 12.6. The number of allylic oxidation sites excluding steroid dienone is 10. The molecular formula is C61H108O6. The Morgan fingerprint density at radius 3 is 0.970 bits per heavy atom. The average Bonchev–Trinajstić information content (AvgIpc) is 3.33. The number of ether oxygens (including phenoxy) is 3. The van der Waals surface area contributed by atoms with E-state index in [2.05, 4.69) is 51.2 Å². The van der Waals surface area contributed by atoms with Crippen LogP contribution in [0.4, 0.5) is 0 Å². The Morgan fingerprint density at radius 2 is 0.597 bits per heavy atom. The van der Waals surface area contributed by atoms with Gasteiger partial charge in [-0.2, -0.15) is 0 Å². The quantitative estimate of drug-likeness (QED) is 0.0199. The van der Waals surface area contributed by atoms with Crippen molar-refractivity contribution in [1.29, 1.82) is 0 Å². The molecule has 0 N–H and O–H groups in total. The summed E-state index contributed by atoms with van der Waals surface area (Å²) in [6, 6.07) is 0. The zero-order chi connectivity index (χ0) is 48.6. The Labute approximate surface area is 415 Å². The van der Waals surface area contributed by atoms with E-state index in [1.807, 2.05) is 30.4 Å². The summed E-state index contributed by atoms with van der Waals surface area (Å²) in [6.45, 7) is 6.49. The number of carbonyl (C=O) groups is 3. The monoisotopic (exact) mass is 937 g/mol. The highest BCUT2D eigenvalue weighted by atomic mass is 16.6. The predicted molar refractivity (Wildman–Crippen MR) is 288 cm³/mol. The van der Waals surface area contributed by atoms with E-state index in [1.54, 1.807) is 0 Å². The summed E-state index contributed by atoms with van der Waals surface area (Å²) in [5.41, 5.74) is 0. The first-order valence-electron chi connectivity index (χ1n) is 28.8. The second-order valence-electron chi connectivity index (χ2n) is 19.3. The van der Waals surface area contributed by atoms with E-state index in [4.69, 9.17) is 14.2 Å². The topological polar surface area (TPSA) is 78.9 Å². The summed E-state index contributed by atoms with van der Waals surface area (Å²) < 4.78 is 16.8. The maximum absolute atomic E-state index is 12.8. The third-order valence-corrected chi connectivity index (χ3v) is 12.6. The van der Waals surface area contributed by atoms with Gasteiger partial charge in [-0.25, -0.2) is 0 Å². The van der Waals surface area contributed by atoms with Gasteiger partial charge in [0.15, 0.2) is 6.10 Å². The van der Waals surface area contributed by atoms with Gasteiger partial charge in [0, 0.05) is 19.3 Å². The van der Waals surface area contributed by atoms with Crippen molar-refractivity contribution in [1.82, 2.24) is 0 Å². The van der Waals surface area contributed by atoms with Gasteiger partial charge in [0.2, 0.25) is 0 Å². The second kappa shape index (κ2) is 55.7. The molecule has 0 aliphatic heterocycles. The molecule has 0 saturated carbocycles. The maximum Gasteiger partial charge on any atom is 0.306 e. The molecule has 1 atom stereocenters. The second-order valence-corrected chi connectivity index (χ2v) is 19.3. The van der Waals surface area contributed by atoms with Crippen LogP contribution in [0.1, 0.15) is 290 Å². The van der Waals surface area contributed by atoms with E-state index in [0.29, 0.717) is 19.3 Å². The molecule has 0 bridgehead atoms. The lowest BCUT2D eigenvalue weighted by Gasteiger charge is -2.18. The third kappa shape index (κ3) is 53.9. The molecule has 0 aliphatic carbocycles. The Hall–Kier alpha value is -2.89. The van der Waals surface area contributed by atoms with Gasteiger partial charge in [-0.05, 0) is 64.2 Å². The number of esters is 3. The number of unbranched alkanes of at least 4 members (excludes halogenated alkanes) is 34. The van der Waals surface area contributed by atoms with Crippen molar-refractivity contribution >= 4 is 17.9 Å². The van der Waals surface area contributed by atoms with Crippen molar-refractivity contribution in [3.8, 4) is 0 Å². The predicted octanol–water partition coefficient (Wildman–Crippen LogP) is 19.2. The van der Waals surface area contributed by atoms with E-state index < -0.39 is 6.10 Å². The molecule has 0 spiro atoms. The minimum atomic E-state index is -0.791. The van der Waals surface area contributed by atoms with Gasteiger partial charge in [-0.1, -0.05) is 268 Å². The molecule has 0 aromatic carbocycles. The average molecular weight is 938 g/mol. The zero-order valence-electron chi connectivity index (χ0n) is 44.4. The summed E-state index contributed by atoms with van der Waals surface area (Å²) in [6.07, 6.45) is 69.3. The molecule has 0 aromatic heterocycles. The van der Waals surface area contributed by atoms with E-state index in [9.17, 15) is 14.4 Å². The van der Waals surface area contributed by atoms with Crippen LogP contribution in [-0.4, -0.2) is 37.2 Å². The van der Waals surface area contributed by atoms with Crippen molar-refractivity contribution in [2.75, 3.05) is 13.2 Å². The van der Waals surface area contributed by atoms with Gasteiger partial charge in [0.05, 0.1) is 0 Å². The van der Waals surface area contributed by atoms with Crippen LogP contribution in [0.3, 0.4) is 0 Å². The molecule has 6 nitrogen and oxygen atoms in total. The van der Waals surface area contributed by atoms with E-state index in [0.717, 1.165) is 70.6 Å². The standard InChI is InChI=1S/C61H108O6/c1-4-7-10-13-16-19-22-25-27-29-30-32-33-36-39-42-45-48-51-54-60(63)66-57-58(56-65-59(62)53-50-47-44-41-38-35-24-21-18-15-12-9-6-3)67-61(64)55-52-49-46-43-40-37-34-31-28-26-23-20-17-14-11-8-5-2/h9,12,15,18,21,24,26,28,35,38,58H,4-8,10-11,13-14,16-17,19-20,22-23,25,27,29-34,36-37,39-57H2,1-3H3/b12-9-,18-15-,24-21-,28-26-,38-35-. The normalized spacial score (nSPS) is 12.5. The fraction of sp³-hybridized carbons (Fsp3) is 0.787. The van der Waals surface area contributed by atoms with Crippen molar-refractivity contribution in [2.45, 2.75) is 297 Å². The summed E-state index contributed by atoms with van der Waals surface area (Å²) in [5, 5.41) is 0. The minimum absolute atomic E-state index is 0.0861. The molecule has 0 amide bonds. The molecule has 0 saturated heterocycles. The smallest absolute Gasteiger partial charge is 0.306 e. The summed E-state index contributed by atoms with van der Waals surface area (Å²) in [5.74, 6) is -0.919. The largest absolute Gasteiger partial charge is 0.462 e. The molecule has 388 valence electrons. The molecule has 0 aromatic rings. The van der Waals surface area contributed by atoms with Gasteiger partial charge in [-0.3, -0.25) is 14.4 Å². The van der Waals surface area contributed by atoms with E-state index >= 15 is 0 Å². The van der Waals surface area contributed by atoms with Gasteiger partial charge < -0.3 is 14.2 Å². The molecule has 0 rings (SSSR count). The van der Waals surface area contributed by atoms with Crippen molar-refractivity contribution in [3.63, 3.8) is 0 Å². The van der Waals surface area contributed by atoms with Crippen LogP contribution >= 0.6 is 0 Å². The SMILES string of the molecule is CC\C=C/C=C\C=C/C=C\CCCCCC(=O)OCC(COC(=O)CCCCCCCCCCCCCCCCCCCCC)OC(=O)CCCCCCCCC/C=C\CCCCCCCC. The van der Waals surface area contributed by atoms with Crippen LogP contribution in [-0.2, 0) is 28.6 Å². The maximum atomic E-state index is 12.8. The highest BCUT2D eigenvalue weighted by Gasteiger charge is 2.19. The fourth-order valence-corrected chi connectivity index (χ4v) is 8.27. The lowest BCUT2D eigenvalue weighted by molar-refractivity contribution is -0.167. The molecule has 0 heterocycles. The Bertz CT molecular complexity index is 1210. The lowest BCUT2D eigenvalue weighted by Crippen LogP contribution is -2.30. The molecular weight excluding hydrogens is 829 g/mol. The minimum Gasteiger partial charge on any atom is -0.462 e. The Kier molecular flexibility index (Phi) is 53.3. The van der Waals surface area contributed by atoms with E-state index in [-0.39, 0.29) is 31.1 Å². The van der Waals surface area contributed by atoms with Gasteiger partial charge >= 0.3 is 17.9 Å². The number of carbonyl (C=O) groups excluding carboxylic acids is 3. The van der Waals surface area contributed by atoms with Crippen LogP contribution in [0.2, 0.25) is 0 Å². The molecule has 0 aliphatic rings. The van der Waals surface area contributed by atoms with Gasteiger partial charge in [0.25, 0.3) is 0 Å². The first-order chi connectivity index (χ1) is 33.0. The Balaban J connectivity index is 4.36. The highest BCUT2D eigenvalue weighted by Crippen LogP contribution is 2.16. The molecule has 0 radical (unpaired) electrons. The van der Waals surface area contributed by atoms with Crippen LogP contribution < -0.4 is 0 Å². The van der Waals surface area contributed by atoms with Gasteiger partial charge in [-0.15, -0.1) is 0 Å². The first kappa shape index (κ1) is 64.1. The Morgan fingerprint density at radius 1 is 0.313 bits per heavy atom. The number of hydrogen-bond acceptors (Lipinski definition) is 6. The molecule has 0 fully saturated rings. The molecule has 1 unspecified atom stereocenters. The van der Waals surface area contributed by atoms with Crippen molar-refractivity contribution in [3.05, 3.63) is 60.8 Å². The number of rotatable bonds is 52. The molecule has 6 heteroatoms. The van der Waals surface area contributed by atoms with Crippen LogP contribution in [0.15, 0.2) is 60.8 Å². The molecule has 67 heavy (non-hydrogen) atoms.